The molecule has 0 aliphatic rings. The highest BCUT2D eigenvalue weighted by molar-refractivity contribution is 5.72. The average Bonchev–Trinajstić information content (AvgIpc) is 2.08. The Morgan fingerprint density at radius 1 is 1.27 bits per heavy atom. The Hall–Kier alpha value is -0.610. The summed E-state index contributed by atoms with van der Waals surface area (Å²) in [5.74, 6) is 0.634. The Bertz CT molecular complexity index is 181. The fourth-order valence-electron chi connectivity index (χ4n) is 1.40. The van der Waals surface area contributed by atoms with Crippen molar-refractivity contribution < 1.29 is 4.79 Å². The van der Waals surface area contributed by atoms with E-state index >= 15 is 0 Å². The fourth-order valence-corrected chi connectivity index (χ4v) is 1.40. The van der Waals surface area contributed by atoms with Crippen molar-refractivity contribution in [2.75, 3.05) is 33.7 Å². The predicted molar refractivity (Wildman–Crippen MR) is 63.9 cm³/mol. The third-order valence-electron chi connectivity index (χ3n) is 2.27. The molecule has 4 nitrogen and oxygen atoms in total. The number of hydrogen-bond donors (Lipinski definition) is 2. The van der Waals surface area contributed by atoms with Crippen LogP contribution in [0.1, 0.15) is 20.8 Å². The monoisotopic (exact) mass is 215 g/mol. The minimum atomic E-state index is 0.0329. The fraction of sp³-hybridized carbons (Fsp3) is 0.909. The van der Waals surface area contributed by atoms with Crippen LogP contribution in [0.25, 0.3) is 0 Å². The van der Waals surface area contributed by atoms with E-state index in [0.29, 0.717) is 18.5 Å². The summed E-state index contributed by atoms with van der Waals surface area (Å²) in [6, 6.07) is 0.480. The van der Waals surface area contributed by atoms with E-state index < -0.39 is 0 Å². The minimum Gasteiger partial charge on any atom is -0.355 e. The number of nitrogens with zero attached hydrogens (tertiary/aromatic N) is 1. The molecule has 0 fully saturated rings. The first-order valence-electron chi connectivity index (χ1n) is 5.56. The molecule has 0 spiro atoms. The largest absolute Gasteiger partial charge is 0.355 e. The van der Waals surface area contributed by atoms with Crippen molar-refractivity contribution in [1.82, 2.24) is 15.5 Å². The van der Waals surface area contributed by atoms with Crippen molar-refractivity contribution in [3.05, 3.63) is 0 Å². The number of carbonyl (C=O) groups is 1. The second-order valence-corrected chi connectivity index (χ2v) is 4.55. The van der Waals surface area contributed by atoms with Gasteiger partial charge in [-0.3, -0.25) is 4.79 Å². The molecule has 0 heterocycles. The van der Waals surface area contributed by atoms with Crippen LogP contribution in [-0.4, -0.2) is 50.6 Å². The molecule has 1 unspecified atom stereocenters. The van der Waals surface area contributed by atoms with E-state index in [4.69, 9.17) is 0 Å². The Balaban J connectivity index is 3.71. The van der Waals surface area contributed by atoms with Crippen molar-refractivity contribution >= 4 is 5.91 Å². The number of likely N-dealkylation sites (N-methyl/N-ethyl adjacent to an activating group) is 1. The summed E-state index contributed by atoms with van der Waals surface area (Å²) in [5.41, 5.74) is 0. The molecular weight excluding hydrogens is 190 g/mol. The van der Waals surface area contributed by atoms with Gasteiger partial charge in [-0.15, -0.1) is 0 Å². The maximum absolute atomic E-state index is 10.7. The second-order valence-electron chi connectivity index (χ2n) is 4.55. The van der Waals surface area contributed by atoms with Crippen molar-refractivity contribution in [2.24, 2.45) is 5.92 Å². The molecule has 0 aliphatic heterocycles. The molecule has 90 valence electrons. The van der Waals surface area contributed by atoms with Gasteiger partial charge < -0.3 is 15.5 Å². The summed E-state index contributed by atoms with van der Waals surface area (Å²) in [4.78, 5) is 12.8. The van der Waals surface area contributed by atoms with E-state index in [2.05, 4.69) is 43.5 Å². The molecule has 0 aromatic carbocycles. The standard InChI is InChI=1S/C11H25N3O/c1-9(2)11(8-14(4)5)13-7-6-12-10(3)15/h9,11,13H,6-8H2,1-5H3,(H,12,15). The summed E-state index contributed by atoms with van der Waals surface area (Å²) in [5, 5.41) is 6.23. The Kier molecular flexibility index (Phi) is 7.34. The van der Waals surface area contributed by atoms with Crippen LogP contribution >= 0.6 is 0 Å². The summed E-state index contributed by atoms with van der Waals surface area (Å²) < 4.78 is 0. The zero-order valence-electron chi connectivity index (χ0n) is 10.6. The number of hydrogen-bond acceptors (Lipinski definition) is 3. The van der Waals surface area contributed by atoms with Crippen molar-refractivity contribution in [3.8, 4) is 0 Å². The molecule has 0 radical (unpaired) electrons. The quantitative estimate of drug-likeness (QED) is 0.600. The molecule has 0 saturated heterocycles. The summed E-state index contributed by atoms with van der Waals surface area (Å²) in [7, 11) is 4.15. The lowest BCUT2D eigenvalue weighted by Gasteiger charge is -2.25. The predicted octanol–water partition coefficient (Wildman–Crippen LogP) is 0.298. The first-order chi connectivity index (χ1) is 6.93. The van der Waals surface area contributed by atoms with Gasteiger partial charge in [-0.1, -0.05) is 13.8 Å². The highest BCUT2D eigenvalue weighted by Gasteiger charge is 2.12. The molecule has 0 saturated carbocycles. The molecule has 15 heavy (non-hydrogen) atoms. The van der Waals surface area contributed by atoms with Gasteiger partial charge in [-0.2, -0.15) is 0 Å². The van der Waals surface area contributed by atoms with Crippen LogP contribution in [0.3, 0.4) is 0 Å². The van der Waals surface area contributed by atoms with Crippen molar-refractivity contribution in [3.63, 3.8) is 0 Å². The van der Waals surface area contributed by atoms with Crippen LogP contribution in [0.4, 0.5) is 0 Å². The van der Waals surface area contributed by atoms with Gasteiger partial charge in [0.2, 0.25) is 5.91 Å². The van der Waals surface area contributed by atoms with Gasteiger partial charge in [0.15, 0.2) is 0 Å². The van der Waals surface area contributed by atoms with E-state index in [9.17, 15) is 4.79 Å². The SMILES string of the molecule is CC(=O)NCCNC(CN(C)C)C(C)C. The third kappa shape index (κ3) is 8.39. The lowest BCUT2D eigenvalue weighted by atomic mass is 10.0. The highest BCUT2D eigenvalue weighted by atomic mass is 16.1. The third-order valence-corrected chi connectivity index (χ3v) is 2.27. The van der Waals surface area contributed by atoms with E-state index in [0.717, 1.165) is 13.1 Å². The molecule has 0 bridgehead atoms. The van der Waals surface area contributed by atoms with Gasteiger partial charge in [0, 0.05) is 32.6 Å². The van der Waals surface area contributed by atoms with E-state index in [-0.39, 0.29) is 5.91 Å². The molecule has 0 aromatic rings. The lowest BCUT2D eigenvalue weighted by molar-refractivity contribution is -0.118. The Morgan fingerprint density at radius 2 is 1.87 bits per heavy atom. The maximum Gasteiger partial charge on any atom is 0.216 e. The van der Waals surface area contributed by atoms with Gasteiger partial charge in [0.05, 0.1) is 0 Å². The molecule has 0 aliphatic carbocycles. The Morgan fingerprint density at radius 3 is 2.27 bits per heavy atom. The van der Waals surface area contributed by atoms with Gasteiger partial charge in [0.25, 0.3) is 0 Å². The molecule has 1 atom stereocenters. The number of carbonyl (C=O) groups excluding carboxylic acids is 1. The van der Waals surface area contributed by atoms with E-state index in [1.54, 1.807) is 6.92 Å². The second kappa shape index (κ2) is 7.65. The van der Waals surface area contributed by atoms with Crippen LogP contribution in [0.2, 0.25) is 0 Å². The molecule has 0 rings (SSSR count). The van der Waals surface area contributed by atoms with Crippen molar-refractivity contribution in [1.29, 1.82) is 0 Å². The van der Waals surface area contributed by atoms with Gasteiger partial charge in [-0.05, 0) is 20.0 Å². The maximum atomic E-state index is 10.7. The summed E-state index contributed by atoms with van der Waals surface area (Å²) in [6.07, 6.45) is 0. The van der Waals surface area contributed by atoms with Gasteiger partial charge in [-0.25, -0.2) is 0 Å². The zero-order chi connectivity index (χ0) is 11.8. The topological polar surface area (TPSA) is 44.4 Å². The molecule has 2 N–H and O–H groups in total. The van der Waals surface area contributed by atoms with E-state index in [1.165, 1.54) is 0 Å². The number of nitrogens with one attached hydrogen (secondary N) is 2. The molecule has 0 aromatic heterocycles. The minimum absolute atomic E-state index is 0.0329. The van der Waals surface area contributed by atoms with Crippen LogP contribution in [-0.2, 0) is 4.79 Å². The first kappa shape index (κ1) is 14.4. The number of amides is 1. The van der Waals surface area contributed by atoms with Gasteiger partial charge in [0.1, 0.15) is 0 Å². The smallest absolute Gasteiger partial charge is 0.216 e. The van der Waals surface area contributed by atoms with Crippen LogP contribution < -0.4 is 10.6 Å². The van der Waals surface area contributed by atoms with Crippen molar-refractivity contribution in [2.45, 2.75) is 26.8 Å². The highest BCUT2D eigenvalue weighted by Crippen LogP contribution is 2.01. The van der Waals surface area contributed by atoms with Crippen LogP contribution in [0.5, 0.6) is 0 Å². The number of rotatable bonds is 7. The average molecular weight is 215 g/mol. The molecule has 4 heteroatoms. The normalized spacial score (nSPS) is 13.3. The van der Waals surface area contributed by atoms with Crippen LogP contribution in [0.15, 0.2) is 0 Å². The summed E-state index contributed by atoms with van der Waals surface area (Å²) >= 11 is 0. The lowest BCUT2D eigenvalue weighted by Crippen LogP contribution is -2.44. The van der Waals surface area contributed by atoms with Crippen LogP contribution in [0, 0.1) is 5.92 Å². The van der Waals surface area contributed by atoms with Gasteiger partial charge >= 0.3 is 0 Å². The Labute approximate surface area is 93.4 Å². The van der Waals surface area contributed by atoms with E-state index in [1.807, 2.05) is 0 Å². The molecular formula is C11H25N3O. The molecule has 1 amide bonds. The zero-order valence-corrected chi connectivity index (χ0v) is 10.6. The summed E-state index contributed by atoms with van der Waals surface area (Å²) in [6.45, 7) is 8.51. The first-order valence-corrected chi connectivity index (χ1v) is 5.56.